The summed E-state index contributed by atoms with van der Waals surface area (Å²) in [4.78, 5) is 10.2. The molecule has 0 aliphatic heterocycles. The van der Waals surface area contributed by atoms with Crippen molar-refractivity contribution in [2.75, 3.05) is 24.3 Å². The molecule has 0 aliphatic carbocycles. The summed E-state index contributed by atoms with van der Waals surface area (Å²) < 4.78 is 14.4. The second-order valence-corrected chi connectivity index (χ2v) is 4.85. The summed E-state index contributed by atoms with van der Waals surface area (Å²) in [6, 6.07) is 6.72. The fourth-order valence-electron chi connectivity index (χ4n) is 1.76. The Balaban J connectivity index is 2.26. The van der Waals surface area contributed by atoms with Crippen LogP contribution >= 0.6 is 15.9 Å². The zero-order valence-corrected chi connectivity index (χ0v) is 12.3. The van der Waals surface area contributed by atoms with Crippen LogP contribution in [-0.4, -0.2) is 24.1 Å². The van der Waals surface area contributed by atoms with Crippen LogP contribution in [0.25, 0.3) is 0 Å². The second-order valence-electron chi connectivity index (χ2n) is 4.06. The van der Waals surface area contributed by atoms with Crippen LogP contribution in [0.4, 0.5) is 16.0 Å². The maximum absolute atomic E-state index is 13.6. The smallest absolute Gasteiger partial charge is 0.148 e. The molecular weight excluding hydrogens is 311 g/mol. The lowest BCUT2D eigenvalue weighted by atomic mass is 10.2. The van der Waals surface area contributed by atoms with Gasteiger partial charge >= 0.3 is 0 Å². The van der Waals surface area contributed by atoms with Gasteiger partial charge in [-0.3, -0.25) is 0 Å². The largest absolute Gasteiger partial charge is 0.372 e. The van der Waals surface area contributed by atoms with Crippen LogP contribution in [0.5, 0.6) is 0 Å². The van der Waals surface area contributed by atoms with Crippen LogP contribution in [-0.2, 0) is 6.54 Å². The van der Waals surface area contributed by atoms with Gasteiger partial charge in [0.15, 0.2) is 0 Å². The summed E-state index contributed by atoms with van der Waals surface area (Å²) in [7, 11) is 3.65. The van der Waals surface area contributed by atoms with Gasteiger partial charge in [0, 0.05) is 26.2 Å². The van der Waals surface area contributed by atoms with Crippen molar-refractivity contribution < 1.29 is 4.39 Å². The molecule has 0 aliphatic rings. The fourth-order valence-corrected chi connectivity index (χ4v) is 2.46. The highest BCUT2D eigenvalue weighted by molar-refractivity contribution is 9.10. The third-order valence-electron chi connectivity index (χ3n) is 2.73. The minimum atomic E-state index is -0.214. The van der Waals surface area contributed by atoms with Crippen molar-refractivity contribution in [1.29, 1.82) is 0 Å². The minimum Gasteiger partial charge on any atom is -0.372 e. The van der Waals surface area contributed by atoms with E-state index < -0.39 is 0 Å². The topological polar surface area (TPSA) is 41.1 Å². The molecule has 4 nitrogen and oxygen atoms in total. The van der Waals surface area contributed by atoms with Gasteiger partial charge in [0.25, 0.3) is 0 Å². The van der Waals surface area contributed by atoms with E-state index in [1.54, 1.807) is 19.2 Å². The lowest BCUT2D eigenvalue weighted by Gasteiger charge is -2.20. The molecule has 0 saturated carbocycles. The third kappa shape index (κ3) is 3.01. The zero-order valence-electron chi connectivity index (χ0n) is 10.7. The molecule has 6 heteroatoms. The zero-order chi connectivity index (χ0) is 13.8. The number of hydrogen-bond donors (Lipinski definition) is 1. The van der Waals surface area contributed by atoms with Crippen LogP contribution in [0.1, 0.15) is 5.56 Å². The van der Waals surface area contributed by atoms with Crippen LogP contribution in [0.15, 0.2) is 35.1 Å². The molecule has 1 aromatic heterocycles. The Hall–Kier alpha value is -1.69. The Labute approximate surface area is 119 Å². The van der Waals surface area contributed by atoms with E-state index in [0.29, 0.717) is 23.7 Å². The number of nitrogens with zero attached hydrogens (tertiary/aromatic N) is 3. The van der Waals surface area contributed by atoms with Gasteiger partial charge in [0.05, 0.1) is 0 Å². The van der Waals surface area contributed by atoms with E-state index in [-0.39, 0.29) is 5.82 Å². The summed E-state index contributed by atoms with van der Waals surface area (Å²) in [5, 5.41) is 2.97. The molecule has 0 amide bonds. The second kappa shape index (κ2) is 5.97. The van der Waals surface area contributed by atoms with Crippen molar-refractivity contribution in [3.8, 4) is 0 Å². The Bertz CT molecular complexity index is 576. The number of aromatic nitrogens is 2. The molecule has 0 saturated heterocycles. The summed E-state index contributed by atoms with van der Waals surface area (Å²) in [5.74, 6) is 1.20. The maximum atomic E-state index is 13.6. The molecule has 0 bridgehead atoms. The van der Waals surface area contributed by atoms with E-state index in [1.165, 1.54) is 12.4 Å². The first-order valence-electron chi connectivity index (χ1n) is 5.76. The number of nitrogens with one attached hydrogen (secondary N) is 1. The van der Waals surface area contributed by atoms with Gasteiger partial charge < -0.3 is 10.2 Å². The third-order valence-corrected chi connectivity index (χ3v) is 3.47. The quantitative estimate of drug-likeness (QED) is 0.938. The van der Waals surface area contributed by atoms with Crippen molar-refractivity contribution in [2.45, 2.75) is 6.54 Å². The van der Waals surface area contributed by atoms with Gasteiger partial charge in [-0.05, 0) is 22.0 Å². The first-order valence-corrected chi connectivity index (χ1v) is 6.55. The maximum Gasteiger partial charge on any atom is 0.148 e. The van der Waals surface area contributed by atoms with Gasteiger partial charge in [-0.25, -0.2) is 14.4 Å². The molecule has 2 aromatic rings. The van der Waals surface area contributed by atoms with Crippen molar-refractivity contribution in [1.82, 2.24) is 9.97 Å². The standard InChI is InChI=1S/C13H14BrFN4/c1-16-12-11(14)13(18-8-17-12)19(2)7-9-5-3-4-6-10(9)15/h3-6,8H,7H2,1-2H3,(H,16,17,18). The summed E-state index contributed by atoms with van der Waals surface area (Å²) in [5.41, 5.74) is 0.626. The predicted molar refractivity (Wildman–Crippen MR) is 77.8 cm³/mol. The molecule has 1 heterocycles. The van der Waals surface area contributed by atoms with Gasteiger partial charge in [0.1, 0.15) is 28.3 Å². The average molecular weight is 325 g/mol. The van der Waals surface area contributed by atoms with E-state index in [2.05, 4.69) is 31.2 Å². The van der Waals surface area contributed by atoms with Crippen LogP contribution in [0, 0.1) is 5.82 Å². The van der Waals surface area contributed by atoms with Crippen molar-refractivity contribution in [2.24, 2.45) is 0 Å². The fraction of sp³-hybridized carbons (Fsp3) is 0.231. The van der Waals surface area contributed by atoms with Crippen LogP contribution < -0.4 is 10.2 Å². The van der Waals surface area contributed by atoms with E-state index >= 15 is 0 Å². The molecule has 0 spiro atoms. The van der Waals surface area contributed by atoms with E-state index in [9.17, 15) is 4.39 Å². The van der Waals surface area contributed by atoms with E-state index in [1.807, 2.05) is 18.0 Å². The van der Waals surface area contributed by atoms with Crippen LogP contribution in [0.2, 0.25) is 0 Å². The lowest BCUT2D eigenvalue weighted by Crippen LogP contribution is -2.19. The van der Waals surface area contributed by atoms with Crippen molar-refractivity contribution >= 4 is 27.6 Å². The minimum absolute atomic E-state index is 0.214. The lowest BCUT2D eigenvalue weighted by molar-refractivity contribution is 0.607. The molecular formula is C13H14BrFN4. The molecule has 1 N–H and O–H groups in total. The normalized spacial score (nSPS) is 10.3. The molecule has 19 heavy (non-hydrogen) atoms. The molecule has 2 rings (SSSR count). The molecule has 1 aromatic carbocycles. The Kier molecular flexibility index (Phi) is 4.31. The summed E-state index contributed by atoms with van der Waals surface area (Å²) >= 11 is 3.45. The van der Waals surface area contributed by atoms with Gasteiger partial charge in [-0.1, -0.05) is 18.2 Å². The van der Waals surface area contributed by atoms with E-state index in [0.717, 1.165) is 4.47 Å². The van der Waals surface area contributed by atoms with Crippen LogP contribution in [0.3, 0.4) is 0 Å². The highest BCUT2D eigenvalue weighted by Gasteiger charge is 2.13. The monoisotopic (exact) mass is 324 g/mol. The number of anilines is 2. The SMILES string of the molecule is CNc1ncnc(N(C)Cc2ccccc2F)c1Br. The number of halogens is 2. The molecule has 0 unspecified atom stereocenters. The highest BCUT2D eigenvalue weighted by atomic mass is 79.9. The molecule has 0 atom stereocenters. The molecule has 100 valence electrons. The summed E-state index contributed by atoms with van der Waals surface area (Å²) in [6.07, 6.45) is 1.48. The van der Waals surface area contributed by atoms with Crippen molar-refractivity contribution in [3.05, 3.63) is 46.4 Å². The van der Waals surface area contributed by atoms with Gasteiger partial charge in [-0.2, -0.15) is 0 Å². The molecule has 0 fully saturated rings. The Morgan fingerprint density at radius 3 is 2.74 bits per heavy atom. The number of hydrogen-bond acceptors (Lipinski definition) is 4. The van der Waals surface area contributed by atoms with E-state index in [4.69, 9.17) is 0 Å². The first kappa shape index (κ1) is 13.7. The van der Waals surface area contributed by atoms with Crippen molar-refractivity contribution in [3.63, 3.8) is 0 Å². The number of benzene rings is 1. The molecule has 0 radical (unpaired) electrons. The highest BCUT2D eigenvalue weighted by Crippen LogP contribution is 2.29. The Morgan fingerprint density at radius 1 is 1.32 bits per heavy atom. The predicted octanol–water partition coefficient (Wildman–Crippen LogP) is 3.06. The number of rotatable bonds is 4. The average Bonchev–Trinajstić information content (AvgIpc) is 2.41. The van der Waals surface area contributed by atoms with Gasteiger partial charge in [-0.15, -0.1) is 0 Å². The summed E-state index contributed by atoms with van der Waals surface area (Å²) in [6.45, 7) is 0.436. The Morgan fingerprint density at radius 2 is 2.05 bits per heavy atom. The van der Waals surface area contributed by atoms with Gasteiger partial charge in [0.2, 0.25) is 0 Å². The first-order chi connectivity index (χ1) is 9.13.